The average molecular weight is 558 g/mol. The number of rotatable bonds is 3. The number of alkyl halides is 3. The molecule has 0 aromatic heterocycles. The quantitative estimate of drug-likeness (QED) is 0.219. The Hall–Kier alpha value is -1.02. The largest absolute Gasteiger partial charge is 0.534 e. The minimum absolute atomic E-state index is 0.0310. The molecule has 2 N–H and O–H groups in total. The molecule has 4 nitrogen and oxygen atoms in total. The van der Waals surface area contributed by atoms with Gasteiger partial charge in [0.2, 0.25) is 0 Å². The Morgan fingerprint density at radius 1 is 0.974 bits per heavy atom. The fraction of sp³-hybridized carbons (Fsp3) is 0.867. The van der Waals surface area contributed by atoms with Crippen molar-refractivity contribution in [1.29, 1.82) is 0 Å². The number of nitrogens with two attached hydrogens (primary N) is 1. The van der Waals surface area contributed by atoms with E-state index in [0.717, 1.165) is 51.4 Å². The van der Waals surface area contributed by atoms with Crippen LogP contribution in [-0.2, 0) is 14.3 Å². The molecule has 38 heavy (non-hydrogen) atoms. The van der Waals surface area contributed by atoms with Crippen molar-refractivity contribution in [1.82, 2.24) is 0 Å². The second-order valence-electron chi connectivity index (χ2n) is 14.9. The molecule has 0 aliphatic heterocycles. The zero-order valence-corrected chi connectivity index (χ0v) is 24.7. The monoisotopic (exact) mass is 557 g/mol. The molecule has 4 saturated carbocycles. The second kappa shape index (κ2) is 8.27. The molecule has 0 radical (unpaired) electrons. The molecule has 0 aromatic carbocycles. The van der Waals surface area contributed by atoms with Gasteiger partial charge in [-0.25, -0.2) is 0 Å². The molecule has 0 heterocycles. The van der Waals surface area contributed by atoms with Crippen LogP contribution in [-0.4, -0.2) is 19.5 Å². The Balaban J connectivity index is 1.51. The number of hydrogen-bond donors (Lipinski definition) is 1. The van der Waals surface area contributed by atoms with Crippen molar-refractivity contribution in [3.63, 3.8) is 0 Å². The number of fused-ring (bicyclic) bond motifs is 7. The first-order valence-corrected chi connectivity index (χ1v) is 15.8. The van der Waals surface area contributed by atoms with Gasteiger partial charge in [0.25, 0.3) is 0 Å². The van der Waals surface area contributed by atoms with Crippen LogP contribution in [0.3, 0.4) is 0 Å². The lowest BCUT2D eigenvalue weighted by Gasteiger charge is -2.72. The van der Waals surface area contributed by atoms with Crippen molar-refractivity contribution < 1.29 is 25.8 Å². The fourth-order valence-electron chi connectivity index (χ4n) is 11.1. The SMILES string of the molecule is C=C(C)[C@@H]1CCC2(N)CC[C@]3(C)C(CCC4C5(C)CC=C(OS(=O)(=O)C(F)(F)F)C(C)(C)C5CCC43C)C12. The third kappa shape index (κ3) is 3.60. The van der Waals surface area contributed by atoms with Crippen LogP contribution in [0.25, 0.3) is 0 Å². The van der Waals surface area contributed by atoms with Crippen LogP contribution in [0.15, 0.2) is 24.0 Å². The van der Waals surface area contributed by atoms with E-state index in [1.807, 2.05) is 13.8 Å². The first-order chi connectivity index (χ1) is 17.2. The Morgan fingerprint density at radius 2 is 1.63 bits per heavy atom. The van der Waals surface area contributed by atoms with Crippen LogP contribution in [0.2, 0.25) is 0 Å². The van der Waals surface area contributed by atoms with Gasteiger partial charge in [-0.15, -0.1) is 0 Å². The fourth-order valence-corrected chi connectivity index (χ4v) is 11.7. The van der Waals surface area contributed by atoms with Crippen molar-refractivity contribution in [2.24, 2.45) is 57.0 Å². The Labute approximate surface area is 227 Å². The molecule has 7 unspecified atom stereocenters. The second-order valence-corrected chi connectivity index (χ2v) is 16.4. The molecule has 4 fully saturated rings. The highest BCUT2D eigenvalue weighted by Gasteiger charge is 2.70. The highest BCUT2D eigenvalue weighted by atomic mass is 32.2. The van der Waals surface area contributed by atoms with Crippen LogP contribution in [0, 0.1) is 51.2 Å². The van der Waals surface area contributed by atoms with E-state index in [0.29, 0.717) is 30.1 Å². The van der Waals surface area contributed by atoms with Crippen molar-refractivity contribution >= 4 is 10.1 Å². The Morgan fingerprint density at radius 3 is 2.24 bits per heavy atom. The van der Waals surface area contributed by atoms with Gasteiger partial charge in [-0.05, 0) is 117 Å². The normalized spacial score (nSPS) is 48.2. The number of halogens is 3. The third-order valence-electron chi connectivity index (χ3n) is 13.1. The summed E-state index contributed by atoms with van der Waals surface area (Å²) in [6.07, 6.45) is 10.5. The first kappa shape index (κ1) is 28.5. The molecule has 8 heteroatoms. The van der Waals surface area contributed by atoms with Gasteiger partial charge in [-0.3, -0.25) is 0 Å². The highest BCUT2D eigenvalue weighted by Crippen LogP contribution is 2.76. The molecule has 0 saturated heterocycles. The molecule has 0 amide bonds. The van der Waals surface area contributed by atoms with Gasteiger partial charge in [0, 0.05) is 11.0 Å². The summed E-state index contributed by atoms with van der Waals surface area (Å²) >= 11 is 0. The summed E-state index contributed by atoms with van der Waals surface area (Å²) in [6, 6.07) is 0. The summed E-state index contributed by atoms with van der Waals surface area (Å²) in [7, 11) is -5.70. The predicted octanol–water partition coefficient (Wildman–Crippen LogP) is 7.72. The van der Waals surface area contributed by atoms with E-state index in [9.17, 15) is 21.6 Å². The summed E-state index contributed by atoms with van der Waals surface area (Å²) in [5, 5.41) is 0. The molecule has 0 aromatic rings. The zero-order valence-electron chi connectivity index (χ0n) is 23.9. The van der Waals surface area contributed by atoms with Crippen molar-refractivity contribution in [2.45, 2.75) is 110 Å². The summed E-state index contributed by atoms with van der Waals surface area (Å²) in [5.41, 5.74) is 2.08. The molecule has 5 rings (SSSR count). The van der Waals surface area contributed by atoms with E-state index in [2.05, 4.69) is 34.3 Å². The maximum Gasteiger partial charge on any atom is 0.534 e. The maximum atomic E-state index is 13.2. The summed E-state index contributed by atoms with van der Waals surface area (Å²) in [4.78, 5) is 0. The summed E-state index contributed by atoms with van der Waals surface area (Å²) in [6.45, 7) is 17.5. The van der Waals surface area contributed by atoms with Gasteiger partial charge in [-0.1, -0.05) is 46.8 Å². The van der Waals surface area contributed by atoms with Gasteiger partial charge in [0.05, 0.1) is 0 Å². The van der Waals surface area contributed by atoms with Crippen molar-refractivity contribution in [3.05, 3.63) is 24.0 Å². The molecule has 0 spiro atoms. The lowest BCUT2D eigenvalue weighted by Crippen LogP contribution is -2.67. The Kier molecular flexibility index (Phi) is 6.20. The van der Waals surface area contributed by atoms with E-state index in [1.54, 1.807) is 6.08 Å². The van der Waals surface area contributed by atoms with Crippen LogP contribution in [0.4, 0.5) is 13.2 Å². The first-order valence-electron chi connectivity index (χ1n) is 14.4. The molecule has 216 valence electrons. The van der Waals surface area contributed by atoms with E-state index < -0.39 is 21.0 Å². The van der Waals surface area contributed by atoms with E-state index >= 15 is 0 Å². The van der Waals surface area contributed by atoms with Crippen LogP contribution in [0.1, 0.15) is 99.3 Å². The predicted molar refractivity (Wildman–Crippen MR) is 143 cm³/mol. The van der Waals surface area contributed by atoms with E-state index in [-0.39, 0.29) is 33.5 Å². The molecule has 9 atom stereocenters. The van der Waals surface area contributed by atoms with Crippen molar-refractivity contribution in [3.8, 4) is 0 Å². The number of hydrogen-bond acceptors (Lipinski definition) is 4. The topological polar surface area (TPSA) is 69.4 Å². The standard InChI is InChI=1S/C30H46F3NO3S/c1-18(2)19-10-15-29(34)17-16-27(6)20(24(19)29)8-9-22-26(5)13-12-23(37-38(35,36)30(31,32)33)25(3,4)21(26)11-14-28(22,27)7/h12,19-22,24H,1,8-11,13-17,34H2,2-7H3/t19-,20?,21?,22?,24?,26?,27+,28?,29?/m0/s1. The van der Waals surface area contributed by atoms with Crippen LogP contribution >= 0.6 is 0 Å². The smallest absolute Gasteiger partial charge is 0.380 e. The minimum atomic E-state index is -5.70. The summed E-state index contributed by atoms with van der Waals surface area (Å²) < 4.78 is 68.1. The van der Waals surface area contributed by atoms with Gasteiger partial charge >= 0.3 is 15.6 Å². The molecule has 5 aliphatic rings. The minimum Gasteiger partial charge on any atom is -0.380 e. The Bertz CT molecular complexity index is 1160. The lowest BCUT2D eigenvalue weighted by molar-refractivity contribution is -0.221. The molecule has 5 aliphatic carbocycles. The molecular weight excluding hydrogens is 511 g/mol. The van der Waals surface area contributed by atoms with Gasteiger partial charge in [-0.2, -0.15) is 21.6 Å². The maximum absolute atomic E-state index is 13.2. The van der Waals surface area contributed by atoms with E-state index in [1.165, 1.54) is 5.57 Å². The average Bonchev–Trinajstić information content (AvgIpc) is 3.13. The zero-order chi connectivity index (χ0) is 28.3. The third-order valence-corrected chi connectivity index (χ3v) is 14.1. The summed E-state index contributed by atoms with van der Waals surface area (Å²) in [5.74, 6) is 1.84. The molecule has 0 bridgehead atoms. The van der Waals surface area contributed by atoms with Crippen LogP contribution < -0.4 is 5.73 Å². The van der Waals surface area contributed by atoms with Gasteiger partial charge < -0.3 is 9.92 Å². The van der Waals surface area contributed by atoms with Crippen molar-refractivity contribution in [2.75, 3.05) is 0 Å². The highest BCUT2D eigenvalue weighted by molar-refractivity contribution is 7.87. The van der Waals surface area contributed by atoms with Gasteiger partial charge in [0.1, 0.15) is 5.76 Å². The van der Waals surface area contributed by atoms with E-state index in [4.69, 9.17) is 9.92 Å². The van der Waals surface area contributed by atoms with Crippen LogP contribution in [0.5, 0.6) is 0 Å². The number of allylic oxidation sites excluding steroid dienone is 3. The molecular formula is C30H46F3NO3S. The lowest BCUT2D eigenvalue weighted by atomic mass is 9.33. The van der Waals surface area contributed by atoms with Gasteiger partial charge in [0.15, 0.2) is 0 Å².